The minimum atomic E-state index is 0.580. The lowest BCUT2D eigenvalue weighted by Crippen LogP contribution is -2.00. The molecule has 1 aromatic heterocycles. The van der Waals surface area contributed by atoms with E-state index in [1.54, 1.807) is 6.20 Å². The van der Waals surface area contributed by atoms with Crippen LogP contribution in [0.3, 0.4) is 0 Å². The van der Waals surface area contributed by atoms with Gasteiger partial charge in [-0.25, -0.2) is 9.98 Å². The quantitative estimate of drug-likeness (QED) is 0.718. The zero-order valence-electron chi connectivity index (χ0n) is 12.6. The number of fused-ring (bicyclic) bond motifs is 1. The van der Waals surface area contributed by atoms with Gasteiger partial charge in [0.25, 0.3) is 0 Å². The molecule has 0 unspecified atom stereocenters. The van der Waals surface area contributed by atoms with Crippen LogP contribution in [0.5, 0.6) is 5.75 Å². The van der Waals surface area contributed by atoms with Crippen LogP contribution in [-0.2, 0) is 13.0 Å². The molecule has 0 spiro atoms. The third-order valence-corrected chi connectivity index (χ3v) is 3.90. The highest BCUT2D eigenvalue weighted by atomic mass is 16.5. The van der Waals surface area contributed by atoms with E-state index in [4.69, 9.17) is 4.74 Å². The van der Waals surface area contributed by atoms with Gasteiger partial charge in [0.05, 0.1) is 5.71 Å². The molecule has 3 heteroatoms. The maximum absolute atomic E-state index is 5.82. The molecule has 1 aliphatic rings. The van der Waals surface area contributed by atoms with E-state index in [9.17, 15) is 0 Å². The Morgan fingerprint density at radius 3 is 2.48 bits per heavy atom. The van der Waals surface area contributed by atoms with E-state index in [0.29, 0.717) is 6.61 Å². The molecule has 0 saturated carbocycles. The topological polar surface area (TPSA) is 34.5 Å². The maximum atomic E-state index is 5.82. The van der Waals surface area contributed by atoms with Gasteiger partial charge in [-0.1, -0.05) is 36.4 Å². The Kier molecular flexibility index (Phi) is 3.60. The number of aliphatic imine (C=N–C) groups is 1. The normalized spacial score (nSPS) is 12.6. The van der Waals surface area contributed by atoms with E-state index >= 15 is 0 Å². The van der Waals surface area contributed by atoms with Gasteiger partial charge in [-0.2, -0.15) is 0 Å². The number of aromatic nitrogens is 1. The van der Waals surface area contributed by atoms with Crippen LogP contribution in [0.15, 0.2) is 77.9 Å². The van der Waals surface area contributed by atoms with Gasteiger partial charge in [0.1, 0.15) is 12.4 Å². The smallest absolute Gasteiger partial charge is 0.155 e. The average molecular weight is 300 g/mol. The molecule has 112 valence electrons. The average Bonchev–Trinajstić information content (AvgIpc) is 3.05. The zero-order valence-corrected chi connectivity index (χ0v) is 12.6. The van der Waals surface area contributed by atoms with Gasteiger partial charge in [0.2, 0.25) is 0 Å². The summed E-state index contributed by atoms with van der Waals surface area (Å²) in [5.41, 5.74) is 4.54. The summed E-state index contributed by atoms with van der Waals surface area (Å²) in [6.07, 6.45) is 2.62. The van der Waals surface area contributed by atoms with Crippen molar-refractivity contribution in [1.29, 1.82) is 0 Å². The van der Waals surface area contributed by atoms with E-state index in [-0.39, 0.29) is 0 Å². The van der Waals surface area contributed by atoms with Gasteiger partial charge in [-0.05, 0) is 41.5 Å². The highest BCUT2D eigenvalue weighted by Gasteiger charge is 2.16. The molecule has 3 aromatic rings. The molecule has 3 nitrogen and oxygen atoms in total. The molecule has 0 amide bonds. The van der Waals surface area contributed by atoms with Gasteiger partial charge in [0.15, 0.2) is 5.82 Å². The van der Waals surface area contributed by atoms with Crippen LogP contribution >= 0.6 is 0 Å². The fourth-order valence-corrected chi connectivity index (χ4v) is 2.67. The Hall–Kier alpha value is -2.94. The van der Waals surface area contributed by atoms with Crippen molar-refractivity contribution in [1.82, 2.24) is 4.98 Å². The molecule has 0 N–H and O–H groups in total. The summed E-state index contributed by atoms with van der Waals surface area (Å²) in [5, 5.41) is 0. The lowest BCUT2D eigenvalue weighted by atomic mass is 10.1. The molecular weight excluding hydrogens is 284 g/mol. The number of rotatable bonds is 4. The van der Waals surface area contributed by atoms with E-state index in [0.717, 1.165) is 29.3 Å². The van der Waals surface area contributed by atoms with Crippen molar-refractivity contribution in [3.63, 3.8) is 0 Å². The second kappa shape index (κ2) is 6.05. The second-order valence-electron chi connectivity index (χ2n) is 5.52. The van der Waals surface area contributed by atoms with Crippen molar-refractivity contribution >= 4 is 11.5 Å². The van der Waals surface area contributed by atoms with Crippen molar-refractivity contribution in [3.8, 4) is 5.75 Å². The molecular formula is C20H16N2O. The van der Waals surface area contributed by atoms with Crippen LogP contribution in [0.25, 0.3) is 0 Å². The van der Waals surface area contributed by atoms with E-state index in [1.807, 2.05) is 36.4 Å². The van der Waals surface area contributed by atoms with E-state index in [2.05, 4.69) is 40.3 Å². The highest BCUT2D eigenvalue weighted by Crippen LogP contribution is 2.26. The summed E-state index contributed by atoms with van der Waals surface area (Å²) < 4.78 is 5.82. The Morgan fingerprint density at radius 1 is 0.870 bits per heavy atom. The summed E-state index contributed by atoms with van der Waals surface area (Å²) in [6.45, 7) is 0.580. The molecule has 0 aliphatic carbocycles. The molecule has 0 atom stereocenters. The molecule has 0 bridgehead atoms. The third-order valence-electron chi connectivity index (χ3n) is 3.90. The lowest BCUT2D eigenvalue weighted by Gasteiger charge is -2.07. The SMILES string of the molecule is c1ccc(COc2ccc(C3=Nc4ncccc4C3)cc2)cc1. The molecule has 23 heavy (non-hydrogen) atoms. The number of hydrogen-bond donors (Lipinski definition) is 0. The highest BCUT2D eigenvalue weighted by molar-refractivity contribution is 6.06. The molecule has 0 saturated heterocycles. The van der Waals surface area contributed by atoms with Crippen LogP contribution in [0.2, 0.25) is 0 Å². The molecule has 0 radical (unpaired) electrons. The fraction of sp³-hybridized carbons (Fsp3) is 0.100. The number of nitrogens with zero attached hydrogens (tertiary/aromatic N) is 2. The number of benzene rings is 2. The number of ether oxygens (including phenoxy) is 1. The van der Waals surface area contributed by atoms with Crippen LogP contribution < -0.4 is 4.74 Å². The first kappa shape index (κ1) is 13.7. The van der Waals surface area contributed by atoms with Gasteiger partial charge in [-0.3, -0.25) is 0 Å². The first-order valence-corrected chi connectivity index (χ1v) is 7.67. The number of pyridine rings is 1. The van der Waals surface area contributed by atoms with Gasteiger partial charge >= 0.3 is 0 Å². The monoisotopic (exact) mass is 300 g/mol. The van der Waals surface area contributed by atoms with E-state index in [1.165, 1.54) is 11.1 Å². The van der Waals surface area contributed by atoms with Crippen LogP contribution in [-0.4, -0.2) is 10.7 Å². The summed E-state index contributed by atoms with van der Waals surface area (Å²) in [5.74, 6) is 1.71. The minimum Gasteiger partial charge on any atom is -0.489 e. The fourth-order valence-electron chi connectivity index (χ4n) is 2.67. The van der Waals surface area contributed by atoms with Gasteiger partial charge in [-0.15, -0.1) is 0 Å². The Balaban J connectivity index is 1.45. The van der Waals surface area contributed by atoms with Crippen molar-refractivity contribution in [2.75, 3.05) is 0 Å². The summed E-state index contributed by atoms with van der Waals surface area (Å²) in [4.78, 5) is 8.91. The van der Waals surface area contributed by atoms with E-state index < -0.39 is 0 Å². The molecule has 0 fully saturated rings. The Labute approximate surface area is 135 Å². The summed E-state index contributed by atoms with van der Waals surface area (Å²) in [6, 6.07) is 22.3. The third kappa shape index (κ3) is 2.99. The van der Waals surface area contributed by atoms with Crippen molar-refractivity contribution in [2.24, 2.45) is 4.99 Å². The van der Waals surface area contributed by atoms with Crippen LogP contribution in [0, 0.1) is 0 Å². The van der Waals surface area contributed by atoms with Gasteiger partial charge < -0.3 is 4.74 Å². The maximum Gasteiger partial charge on any atom is 0.155 e. The lowest BCUT2D eigenvalue weighted by molar-refractivity contribution is 0.306. The molecule has 1 aliphatic heterocycles. The van der Waals surface area contributed by atoms with Crippen molar-refractivity contribution < 1.29 is 4.74 Å². The zero-order chi connectivity index (χ0) is 15.5. The predicted molar refractivity (Wildman–Crippen MR) is 91.4 cm³/mol. The second-order valence-corrected chi connectivity index (χ2v) is 5.52. The molecule has 4 rings (SSSR count). The Bertz CT molecular complexity index is 839. The van der Waals surface area contributed by atoms with Crippen LogP contribution in [0.1, 0.15) is 16.7 Å². The van der Waals surface area contributed by atoms with Gasteiger partial charge in [0, 0.05) is 18.2 Å². The molecule has 2 heterocycles. The summed E-state index contributed by atoms with van der Waals surface area (Å²) >= 11 is 0. The summed E-state index contributed by atoms with van der Waals surface area (Å²) in [7, 11) is 0. The van der Waals surface area contributed by atoms with Crippen molar-refractivity contribution in [3.05, 3.63) is 89.6 Å². The molecule has 2 aromatic carbocycles. The predicted octanol–water partition coefficient (Wildman–Crippen LogP) is 4.34. The first-order chi connectivity index (χ1) is 11.4. The van der Waals surface area contributed by atoms with Crippen molar-refractivity contribution in [2.45, 2.75) is 13.0 Å². The largest absolute Gasteiger partial charge is 0.489 e. The standard InChI is InChI=1S/C20H16N2O/c1-2-5-15(6-3-1)14-23-18-10-8-16(9-11-18)19-13-17-7-4-12-21-20(17)22-19/h1-12H,13-14H2. The van der Waals surface area contributed by atoms with Crippen LogP contribution in [0.4, 0.5) is 5.82 Å². The minimum absolute atomic E-state index is 0.580. The number of hydrogen-bond acceptors (Lipinski definition) is 3. The first-order valence-electron chi connectivity index (χ1n) is 7.67. The Morgan fingerprint density at radius 2 is 1.70 bits per heavy atom.